The average molecular weight is 512 g/mol. The zero-order valence-electron chi connectivity index (χ0n) is 21.1. The van der Waals surface area contributed by atoms with Crippen LogP contribution in [0.25, 0.3) is 11.0 Å². The summed E-state index contributed by atoms with van der Waals surface area (Å²) in [5.41, 5.74) is 4.85. The quantitative estimate of drug-likeness (QED) is 0.334. The largest absolute Gasteiger partial charge is 0.481 e. The van der Waals surface area contributed by atoms with Crippen molar-refractivity contribution in [3.05, 3.63) is 95.3 Å². The number of para-hydroxylation sites is 2. The number of carbonyl (C=O) groups excluding carboxylic acids is 2. The molecule has 1 aliphatic heterocycles. The van der Waals surface area contributed by atoms with Crippen molar-refractivity contribution in [3.8, 4) is 0 Å². The Balaban J connectivity index is 1.39. The van der Waals surface area contributed by atoms with Crippen molar-refractivity contribution in [1.82, 2.24) is 20.2 Å². The van der Waals surface area contributed by atoms with Crippen molar-refractivity contribution in [3.63, 3.8) is 0 Å². The van der Waals surface area contributed by atoms with Crippen LogP contribution in [0.1, 0.15) is 33.7 Å². The number of carboxylic acids is 1. The first kappa shape index (κ1) is 25.0. The topological polar surface area (TPSA) is 119 Å². The Kier molecular flexibility index (Phi) is 7.08. The monoisotopic (exact) mass is 511 g/mol. The second-order valence-electron chi connectivity index (χ2n) is 9.47. The molecule has 0 saturated heterocycles. The van der Waals surface area contributed by atoms with Gasteiger partial charge in [-0.15, -0.1) is 0 Å². The normalized spacial score (nSPS) is 15.0. The molecule has 0 fully saturated rings. The molecular formula is C29H29N5O4. The predicted octanol–water partition coefficient (Wildman–Crippen LogP) is 3.36. The van der Waals surface area contributed by atoms with Crippen LogP contribution in [0.4, 0.5) is 5.69 Å². The minimum absolute atomic E-state index is 0.179. The summed E-state index contributed by atoms with van der Waals surface area (Å²) in [6.07, 6.45) is 0.325. The number of hydrogen-bond acceptors (Lipinski definition) is 5. The summed E-state index contributed by atoms with van der Waals surface area (Å²) in [4.78, 5) is 49.1. The van der Waals surface area contributed by atoms with E-state index < -0.39 is 12.0 Å². The van der Waals surface area contributed by atoms with E-state index in [0.29, 0.717) is 30.9 Å². The fourth-order valence-electron chi connectivity index (χ4n) is 4.89. The highest BCUT2D eigenvalue weighted by atomic mass is 16.4. The minimum Gasteiger partial charge on any atom is -0.481 e. The van der Waals surface area contributed by atoms with Crippen LogP contribution in [-0.2, 0) is 29.1 Å². The summed E-state index contributed by atoms with van der Waals surface area (Å²) < 4.78 is 0. The summed E-state index contributed by atoms with van der Waals surface area (Å²) in [5, 5.41) is 12.4. The summed E-state index contributed by atoms with van der Waals surface area (Å²) >= 11 is 0. The molecule has 3 N–H and O–H groups in total. The van der Waals surface area contributed by atoms with Crippen LogP contribution in [-0.4, -0.2) is 57.4 Å². The molecule has 1 unspecified atom stereocenters. The lowest BCUT2D eigenvalue weighted by molar-refractivity contribution is -0.139. The lowest BCUT2D eigenvalue weighted by Gasteiger charge is -2.31. The van der Waals surface area contributed by atoms with Crippen LogP contribution >= 0.6 is 0 Å². The molecule has 1 atom stereocenters. The number of carbonyl (C=O) groups is 3. The number of H-pyrrole nitrogens is 1. The molecule has 0 saturated carbocycles. The number of carboxylic acid groups (broad SMARTS) is 1. The SMILES string of the molecule is CN(Cc1nc2ccccc2[nH]1)C(=O)c1ccc2c(c1)CNC(=O)C(CC(=O)O)N2CCc1ccccc1. The molecule has 0 aliphatic carbocycles. The fraction of sp³-hybridized carbons (Fsp3) is 0.241. The van der Waals surface area contributed by atoms with Crippen LogP contribution in [0, 0.1) is 0 Å². The number of fused-ring (bicyclic) bond motifs is 2. The molecule has 9 heteroatoms. The predicted molar refractivity (Wildman–Crippen MR) is 144 cm³/mol. The van der Waals surface area contributed by atoms with Gasteiger partial charge in [0.1, 0.15) is 11.9 Å². The zero-order chi connectivity index (χ0) is 26.6. The maximum Gasteiger partial charge on any atom is 0.305 e. The Labute approximate surface area is 220 Å². The molecular weight excluding hydrogens is 482 g/mol. The first-order valence-corrected chi connectivity index (χ1v) is 12.5. The van der Waals surface area contributed by atoms with Gasteiger partial charge in [-0.25, -0.2) is 4.98 Å². The van der Waals surface area contributed by atoms with Gasteiger partial charge in [-0.05, 0) is 47.9 Å². The highest BCUT2D eigenvalue weighted by Gasteiger charge is 2.32. The number of rotatable bonds is 8. The summed E-state index contributed by atoms with van der Waals surface area (Å²) in [6, 6.07) is 22.0. The van der Waals surface area contributed by atoms with E-state index in [0.717, 1.165) is 27.8 Å². The lowest BCUT2D eigenvalue weighted by atomic mass is 10.0. The Hall–Kier alpha value is -4.66. The van der Waals surface area contributed by atoms with E-state index in [1.165, 1.54) is 0 Å². The van der Waals surface area contributed by atoms with E-state index in [2.05, 4.69) is 15.3 Å². The average Bonchev–Trinajstić information content (AvgIpc) is 3.28. The lowest BCUT2D eigenvalue weighted by Crippen LogP contribution is -2.47. The van der Waals surface area contributed by atoms with Crippen molar-refractivity contribution in [1.29, 1.82) is 0 Å². The van der Waals surface area contributed by atoms with E-state index in [9.17, 15) is 19.5 Å². The van der Waals surface area contributed by atoms with Crippen molar-refractivity contribution >= 4 is 34.5 Å². The second-order valence-corrected chi connectivity index (χ2v) is 9.47. The van der Waals surface area contributed by atoms with Gasteiger partial charge in [-0.3, -0.25) is 14.4 Å². The molecule has 0 spiro atoms. The Morgan fingerprint density at radius 2 is 1.84 bits per heavy atom. The number of aromatic nitrogens is 2. The maximum atomic E-state index is 13.3. The molecule has 38 heavy (non-hydrogen) atoms. The van der Waals surface area contributed by atoms with Crippen molar-refractivity contribution in [2.24, 2.45) is 0 Å². The molecule has 194 valence electrons. The van der Waals surface area contributed by atoms with Gasteiger partial charge in [-0.1, -0.05) is 42.5 Å². The summed E-state index contributed by atoms with van der Waals surface area (Å²) in [6.45, 7) is 0.980. The molecule has 9 nitrogen and oxygen atoms in total. The smallest absolute Gasteiger partial charge is 0.305 e. The van der Waals surface area contributed by atoms with Gasteiger partial charge in [-0.2, -0.15) is 0 Å². The van der Waals surface area contributed by atoms with Gasteiger partial charge in [0.05, 0.1) is 24.0 Å². The number of amides is 2. The third-order valence-corrected chi connectivity index (χ3v) is 6.79. The Bertz CT molecular complexity index is 1450. The summed E-state index contributed by atoms with van der Waals surface area (Å²) in [7, 11) is 1.72. The van der Waals surface area contributed by atoms with Crippen LogP contribution in [0.15, 0.2) is 72.8 Å². The van der Waals surface area contributed by atoms with E-state index in [1.54, 1.807) is 24.1 Å². The highest BCUT2D eigenvalue weighted by molar-refractivity contribution is 5.96. The number of aliphatic carboxylic acids is 1. The number of aromatic amines is 1. The summed E-state index contributed by atoms with van der Waals surface area (Å²) in [5.74, 6) is -0.877. The minimum atomic E-state index is -1.04. The molecule has 0 bridgehead atoms. The molecule has 4 aromatic rings. The van der Waals surface area contributed by atoms with E-state index >= 15 is 0 Å². The maximum absolute atomic E-state index is 13.3. The molecule has 3 aromatic carbocycles. The molecule has 5 rings (SSSR count). The van der Waals surface area contributed by atoms with Crippen molar-refractivity contribution in [2.45, 2.75) is 32.0 Å². The fourth-order valence-corrected chi connectivity index (χ4v) is 4.89. The molecule has 0 radical (unpaired) electrons. The van der Waals surface area contributed by atoms with E-state index in [-0.39, 0.29) is 24.8 Å². The zero-order valence-corrected chi connectivity index (χ0v) is 21.1. The van der Waals surface area contributed by atoms with Gasteiger partial charge >= 0.3 is 5.97 Å². The number of hydrogen-bond donors (Lipinski definition) is 3. The molecule has 1 aromatic heterocycles. The van der Waals surface area contributed by atoms with Crippen LogP contribution in [0.3, 0.4) is 0 Å². The van der Waals surface area contributed by atoms with Gasteiger partial charge in [0.15, 0.2) is 0 Å². The van der Waals surface area contributed by atoms with E-state index in [1.807, 2.05) is 65.6 Å². The Morgan fingerprint density at radius 1 is 1.08 bits per heavy atom. The van der Waals surface area contributed by atoms with Gasteiger partial charge in [0.25, 0.3) is 5.91 Å². The number of imidazole rings is 1. The molecule has 1 aliphatic rings. The third-order valence-electron chi connectivity index (χ3n) is 6.79. The van der Waals surface area contributed by atoms with Crippen LogP contribution in [0.5, 0.6) is 0 Å². The van der Waals surface area contributed by atoms with Crippen LogP contribution < -0.4 is 10.2 Å². The van der Waals surface area contributed by atoms with Crippen molar-refractivity contribution < 1.29 is 19.5 Å². The van der Waals surface area contributed by atoms with Crippen LogP contribution in [0.2, 0.25) is 0 Å². The van der Waals surface area contributed by atoms with Gasteiger partial charge < -0.3 is 25.2 Å². The van der Waals surface area contributed by atoms with Gasteiger partial charge in [0.2, 0.25) is 5.91 Å². The molecule has 2 amide bonds. The van der Waals surface area contributed by atoms with Crippen molar-refractivity contribution in [2.75, 3.05) is 18.5 Å². The molecule has 2 heterocycles. The standard InChI is InChI=1S/C29H29N5O4/c1-33(18-26-31-22-9-5-6-10-23(22)32-26)29(38)20-11-12-24-21(15-20)17-30-28(37)25(16-27(35)36)34(24)14-13-19-7-3-2-4-8-19/h2-12,15,25H,13-14,16-18H2,1H3,(H,30,37)(H,31,32)(H,35,36). The third kappa shape index (κ3) is 5.36. The first-order chi connectivity index (χ1) is 18.4. The number of nitrogens with zero attached hydrogens (tertiary/aromatic N) is 3. The highest BCUT2D eigenvalue weighted by Crippen LogP contribution is 2.29. The second kappa shape index (κ2) is 10.8. The Morgan fingerprint density at radius 3 is 2.61 bits per heavy atom. The number of nitrogens with one attached hydrogen (secondary N) is 2. The number of anilines is 1. The van der Waals surface area contributed by atoms with Gasteiger partial charge in [0, 0.05) is 31.4 Å². The first-order valence-electron chi connectivity index (χ1n) is 12.5. The van der Waals surface area contributed by atoms with E-state index in [4.69, 9.17) is 0 Å². The number of benzene rings is 3.